The number of halogens is 3. The van der Waals surface area contributed by atoms with Gasteiger partial charge < -0.3 is 0 Å². The summed E-state index contributed by atoms with van der Waals surface area (Å²) < 4.78 is 27.5. The van der Waals surface area contributed by atoms with Crippen molar-refractivity contribution in [1.29, 1.82) is 5.26 Å². The van der Waals surface area contributed by atoms with E-state index in [9.17, 15) is 8.78 Å². The third-order valence-electron chi connectivity index (χ3n) is 2.50. The van der Waals surface area contributed by atoms with Crippen LogP contribution in [-0.4, -0.2) is 17.5 Å². The summed E-state index contributed by atoms with van der Waals surface area (Å²) in [6, 6.07) is 4.59. The summed E-state index contributed by atoms with van der Waals surface area (Å²) in [5.41, 5.74) is -0.0108. The molecule has 1 aromatic rings. The molecule has 0 aromatic heterocycles. The maximum absolute atomic E-state index is 13.7. The summed E-state index contributed by atoms with van der Waals surface area (Å²) in [4.78, 5) is 1.70. The number of nitriles is 1. The first-order chi connectivity index (χ1) is 7.97. The monoisotopic (exact) mass is 302 g/mol. The van der Waals surface area contributed by atoms with E-state index < -0.39 is 11.6 Å². The maximum atomic E-state index is 13.7. The quantitative estimate of drug-likeness (QED) is 0.629. The molecule has 0 unspecified atom stereocenters. The Labute approximate surface area is 108 Å². The molecule has 0 atom stereocenters. The highest BCUT2D eigenvalue weighted by molar-refractivity contribution is 9.10. The highest BCUT2D eigenvalue weighted by Gasteiger charge is 2.17. The predicted octanol–water partition coefficient (Wildman–Crippen LogP) is 3.46. The molecule has 0 saturated heterocycles. The first-order valence-corrected chi connectivity index (χ1v) is 6.00. The summed E-state index contributed by atoms with van der Waals surface area (Å²) in [6.07, 6.45) is 0. The van der Waals surface area contributed by atoms with Crippen molar-refractivity contribution in [3.8, 4) is 6.07 Å². The number of hydrogen-bond donors (Lipinski definition) is 0. The molecule has 0 aliphatic carbocycles. The summed E-state index contributed by atoms with van der Waals surface area (Å²) >= 11 is 3.02. The van der Waals surface area contributed by atoms with E-state index in [2.05, 4.69) is 15.9 Å². The molecule has 0 spiro atoms. The zero-order valence-electron chi connectivity index (χ0n) is 9.67. The van der Waals surface area contributed by atoms with Crippen LogP contribution in [0.25, 0.3) is 0 Å². The van der Waals surface area contributed by atoms with Crippen molar-refractivity contribution < 1.29 is 8.78 Å². The zero-order chi connectivity index (χ0) is 13.0. The van der Waals surface area contributed by atoms with Crippen LogP contribution >= 0.6 is 15.9 Å². The molecular weight excluding hydrogens is 290 g/mol. The Kier molecular flexibility index (Phi) is 5.03. The Morgan fingerprint density at radius 1 is 1.41 bits per heavy atom. The topological polar surface area (TPSA) is 27.0 Å². The van der Waals surface area contributed by atoms with Crippen molar-refractivity contribution >= 4 is 15.9 Å². The first-order valence-electron chi connectivity index (χ1n) is 5.20. The van der Waals surface area contributed by atoms with Crippen molar-refractivity contribution in [3.63, 3.8) is 0 Å². The largest absolute Gasteiger partial charge is 0.284 e. The Morgan fingerprint density at radius 2 is 2.06 bits per heavy atom. The van der Waals surface area contributed by atoms with Crippen molar-refractivity contribution in [1.82, 2.24) is 4.90 Å². The van der Waals surface area contributed by atoms with E-state index >= 15 is 0 Å². The zero-order valence-corrected chi connectivity index (χ0v) is 11.3. The minimum Gasteiger partial charge on any atom is -0.284 e. The summed E-state index contributed by atoms with van der Waals surface area (Å²) in [5.74, 6) is -1.19. The van der Waals surface area contributed by atoms with Gasteiger partial charge in [-0.1, -0.05) is 0 Å². The van der Waals surface area contributed by atoms with E-state index in [0.29, 0.717) is 0 Å². The van der Waals surface area contributed by atoms with Crippen LogP contribution in [-0.2, 0) is 6.54 Å². The van der Waals surface area contributed by atoms with Gasteiger partial charge in [0.15, 0.2) is 0 Å². The highest BCUT2D eigenvalue weighted by atomic mass is 79.9. The fraction of sp³-hybridized carbons (Fsp3) is 0.417. The van der Waals surface area contributed by atoms with E-state index in [4.69, 9.17) is 5.26 Å². The molecule has 1 aromatic carbocycles. The van der Waals surface area contributed by atoms with Gasteiger partial charge in [-0.25, -0.2) is 8.78 Å². The molecule has 0 radical (unpaired) electrons. The second-order valence-electron chi connectivity index (χ2n) is 3.98. The number of rotatable bonds is 4. The van der Waals surface area contributed by atoms with E-state index in [1.807, 2.05) is 19.9 Å². The van der Waals surface area contributed by atoms with Gasteiger partial charge in [0.05, 0.1) is 17.1 Å². The van der Waals surface area contributed by atoms with E-state index in [0.717, 1.165) is 0 Å². The van der Waals surface area contributed by atoms with Crippen LogP contribution in [0.3, 0.4) is 0 Å². The Balaban J connectivity index is 3.01. The van der Waals surface area contributed by atoms with Gasteiger partial charge in [0.2, 0.25) is 0 Å². The van der Waals surface area contributed by atoms with Gasteiger partial charge in [-0.05, 0) is 41.9 Å². The normalized spacial score (nSPS) is 10.9. The molecule has 0 aliphatic heterocycles. The van der Waals surface area contributed by atoms with Crippen LogP contribution in [0.15, 0.2) is 16.6 Å². The molecule has 0 amide bonds. The lowest BCUT2D eigenvalue weighted by Crippen LogP contribution is -2.31. The lowest BCUT2D eigenvalue weighted by molar-refractivity contribution is 0.233. The van der Waals surface area contributed by atoms with Gasteiger partial charge in [-0.2, -0.15) is 5.26 Å². The molecule has 92 valence electrons. The van der Waals surface area contributed by atoms with Crippen molar-refractivity contribution in [2.45, 2.75) is 26.4 Å². The van der Waals surface area contributed by atoms with Crippen LogP contribution in [0.4, 0.5) is 8.78 Å². The van der Waals surface area contributed by atoms with Gasteiger partial charge >= 0.3 is 0 Å². The summed E-state index contributed by atoms with van der Waals surface area (Å²) in [5, 5.41) is 8.67. The highest BCUT2D eigenvalue weighted by Crippen LogP contribution is 2.23. The van der Waals surface area contributed by atoms with Crippen LogP contribution in [0.1, 0.15) is 19.4 Å². The van der Waals surface area contributed by atoms with Crippen LogP contribution in [0.5, 0.6) is 0 Å². The van der Waals surface area contributed by atoms with Crippen LogP contribution in [0, 0.1) is 23.0 Å². The molecule has 2 nitrogen and oxygen atoms in total. The average Bonchev–Trinajstić information content (AvgIpc) is 2.28. The molecule has 0 bridgehead atoms. The van der Waals surface area contributed by atoms with Gasteiger partial charge in [-0.3, -0.25) is 4.90 Å². The molecule has 1 rings (SSSR count). The molecule has 17 heavy (non-hydrogen) atoms. The number of benzene rings is 1. The molecular formula is C12H13BrF2N2. The minimum atomic E-state index is -0.603. The maximum Gasteiger partial charge on any atom is 0.144 e. The fourth-order valence-electron chi connectivity index (χ4n) is 1.43. The molecule has 0 saturated carbocycles. The summed E-state index contributed by atoms with van der Waals surface area (Å²) in [6.45, 7) is 3.99. The van der Waals surface area contributed by atoms with Crippen LogP contribution in [0.2, 0.25) is 0 Å². The van der Waals surface area contributed by atoms with Crippen molar-refractivity contribution in [3.05, 3.63) is 33.8 Å². The van der Waals surface area contributed by atoms with E-state index in [-0.39, 0.29) is 29.2 Å². The second-order valence-corrected chi connectivity index (χ2v) is 4.83. The molecule has 0 fully saturated rings. The minimum absolute atomic E-state index is 0.0108. The number of nitrogens with zero attached hydrogens (tertiary/aromatic N) is 2. The van der Waals surface area contributed by atoms with E-state index in [1.54, 1.807) is 4.90 Å². The van der Waals surface area contributed by atoms with Gasteiger partial charge in [0.1, 0.15) is 11.6 Å². The molecule has 0 heterocycles. The van der Waals surface area contributed by atoms with Gasteiger partial charge in [0, 0.05) is 18.2 Å². The molecule has 0 aliphatic rings. The van der Waals surface area contributed by atoms with Gasteiger partial charge in [0.25, 0.3) is 0 Å². The smallest absolute Gasteiger partial charge is 0.144 e. The standard InChI is InChI=1S/C12H13BrF2N2/c1-8(2)17(6-5-16)7-9-11(14)4-3-10(13)12(9)15/h3-4,8H,6-7H2,1-2H3. The SMILES string of the molecule is CC(C)N(CC#N)Cc1c(F)ccc(Br)c1F. The van der Waals surface area contributed by atoms with E-state index in [1.165, 1.54) is 12.1 Å². The Morgan fingerprint density at radius 3 is 2.59 bits per heavy atom. The molecule has 0 N–H and O–H groups in total. The second kappa shape index (κ2) is 6.08. The Hall–Kier alpha value is -0.990. The third-order valence-corrected chi connectivity index (χ3v) is 3.12. The average molecular weight is 303 g/mol. The number of hydrogen-bond acceptors (Lipinski definition) is 2. The van der Waals surface area contributed by atoms with Crippen LogP contribution < -0.4 is 0 Å². The molecule has 5 heteroatoms. The predicted molar refractivity (Wildman–Crippen MR) is 65.2 cm³/mol. The first kappa shape index (κ1) is 14.1. The van der Waals surface area contributed by atoms with Crippen molar-refractivity contribution in [2.75, 3.05) is 6.54 Å². The Bertz CT molecular complexity index is 441. The summed E-state index contributed by atoms with van der Waals surface area (Å²) in [7, 11) is 0. The van der Waals surface area contributed by atoms with Gasteiger partial charge in [-0.15, -0.1) is 0 Å². The lowest BCUT2D eigenvalue weighted by atomic mass is 10.1. The fourth-order valence-corrected chi connectivity index (χ4v) is 1.80. The lowest BCUT2D eigenvalue weighted by Gasteiger charge is -2.24. The third kappa shape index (κ3) is 3.48. The van der Waals surface area contributed by atoms with Crippen molar-refractivity contribution in [2.24, 2.45) is 0 Å².